The number of piperazine rings is 1. The van der Waals surface area contributed by atoms with E-state index in [0.717, 1.165) is 24.7 Å². The molecule has 0 bridgehead atoms. The number of aryl methyl sites for hydroxylation is 1. The second-order valence-corrected chi connectivity index (χ2v) is 5.55. The maximum absolute atomic E-state index is 11.8. The maximum atomic E-state index is 11.8. The summed E-state index contributed by atoms with van der Waals surface area (Å²) in [7, 11) is 0. The molecule has 1 saturated heterocycles. The average Bonchev–Trinajstić information content (AvgIpc) is 2.55. The molecule has 5 heteroatoms. The Hall–Kier alpha value is -2.43. The lowest BCUT2D eigenvalue weighted by atomic mass is 10.0. The van der Waals surface area contributed by atoms with Crippen molar-refractivity contribution in [2.75, 3.05) is 24.5 Å². The summed E-state index contributed by atoms with van der Waals surface area (Å²) in [6.07, 6.45) is 1.79. The SMILES string of the molecule is CC(=O)N1CCN(c2ccnc(C)n2)[C@H](c2ccccc2)C1. The quantitative estimate of drug-likeness (QED) is 0.852. The predicted molar refractivity (Wildman–Crippen MR) is 85.6 cm³/mol. The topological polar surface area (TPSA) is 49.3 Å². The Balaban J connectivity index is 1.95. The van der Waals surface area contributed by atoms with Gasteiger partial charge in [-0.15, -0.1) is 0 Å². The van der Waals surface area contributed by atoms with Crippen molar-refractivity contribution in [2.24, 2.45) is 0 Å². The highest BCUT2D eigenvalue weighted by Crippen LogP contribution is 2.29. The number of rotatable bonds is 2. The molecule has 0 saturated carbocycles. The Morgan fingerprint density at radius 3 is 2.64 bits per heavy atom. The van der Waals surface area contributed by atoms with Gasteiger partial charge >= 0.3 is 0 Å². The second kappa shape index (κ2) is 6.13. The van der Waals surface area contributed by atoms with Gasteiger partial charge in [0.1, 0.15) is 11.6 Å². The lowest BCUT2D eigenvalue weighted by molar-refractivity contribution is -0.129. The maximum Gasteiger partial charge on any atom is 0.219 e. The largest absolute Gasteiger partial charge is 0.346 e. The van der Waals surface area contributed by atoms with Crippen LogP contribution in [0.4, 0.5) is 5.82 Å². The molecule has 2 heterocycles. The summed E-state index contributed by atoms with van der Waals surface area (Å²) in [4.78, 5) is 24.7. The molecule has 5 nitrogen and oxygen atoms in total. The summed E-state index contributed by atoms with van der Waals surface area (Å²) in [6, 6.07) is 12.3. The van der Waals surface area contributed by atoms with Crippen LogP contribution in [-0.2, 0) is 4.79 Å². The minimum atomic E-state index is 0.119. The highest BCUT2D eigenvalue weighted by atomic mass is 16.2. The fourth-order valence-corrected chi connectivity index (χ4v) is 2.91. The van der Waals surface area contributed by atoms with Crippen molar-refractivity contribution in [1.82, 2.24) is 14.9 Å². The number of hydrogen-bond acceptors (Lipinski definition) is 4. The van der Waals surface area contributed by atoms with E-state index in [1.165, 1.54) is 5.56 Å². The summed E-state index contributed by atoms with van der Waals surface area (Å²) in [5, 5.41) is 0. The van der Waals surface area contributed by atoms with Crippen LogP contribution >= 0.6 is 0 Å². The molecular formula is C17H20N4O. The summed E-state index contributed by atoms with van der Waals surface area (Å²) >= 11 is 0. The van der Waals surface area contributed by atoms with E-state index in [1.54, 1.807) is 13.1 Å². The van der Waals surface area contributed by atoms with Gasteiger partial charge in [-0.25, -0.2) is 9.97 Å². The van der Waals surface area contributed by atoms with Crippen molar-refractivity contribution in [1.29, 1.82) is 0 Å². The van der Waals surface area contributed by atoms with E-state index in [9.17, 15) is 4.79 Å². The van der Waals surface area contributed by atoms with Crippen LogP contribution in [0.15, 0.2) is 42.6 Å². The third-order valence-electron chi connectivity index (χ3n) is 4.07. The third-order valence-corrected chi connectivity index (χ3v) is 4.07. The van der Waals surface area contributed by atoms with Gasteiger partial charge in [0.2, 0.25) is 5.91 Å². The number of aromatic nitrogens is 2. The van der Waals surface area contributed by atoms with Gasteiger partial charge < -0.3 is 9.80 Å². The van der Waals surface area contributed by atoms with Crippen molar-refractivity contribution in [3.8, 4) is 0 Å². The van der Waals surface area contributed by atoms with Gasteiger partial charge in [0.15, 0.2) is 0 Å². The Labute approximate surface area is 130 Å². The van der Waals surface area contributed by atoms with E-state index in [4.69, 9.17) is 0 Å². The van der Waals surface area contributed by atoms with Crippen LogP contribution in [0.5, 0.6) is 0 Å². The first-order chi connectivity index (χ1) is 10.6. The molecule has 1 aliphatic heterocycles. The zero-order valence-electron chi connectivity index (χ0n) is 12.9. The summed E-state index contributed by atoms with van der Waals surface area (Å²) in [6.45, 7) is 5.71. The number of carbonyl (C=O) groups is 1. The molecule has 0 N–H and O–H groups in total. The minimum Gasteiger partial charge on any atom is -0.346 e. The zero-order valence-corrected chi connectivity index (χ0v) is 12.9. The monoisotopic (exact) mass is 296 g/mol. The van der Waals surface area contributed by atoms with E-state index in [2.05, 4.69) is 27.0 Å². The fraction of sp³-hybridized carbons (Fsp3) is 0.353. The molecule has 0 radical (unpaired) electrons. The van der Waals surface area contributed by atoms with Gasteiger partial charge in [-0.2, -0.15) is 0 Å². The lowest BCUT2D eigenvalue weighted by Gasteiger charge is -2.42. The smallest absolute Gasteiger partial charge is 0.219 e. The predicted octanol–water partition coefficient (Wildman–Crippen LogP) is 2.19. The van der Waals surface area contributed by atoms with E-state index in [1.807, 2.05) is 36.1 Å². The van der Waals surface area contributed by atoms with Gasteiger partial charge in [0.25, 0.3) is 0 Å². The van der Waals surface area contributed by atoms with Crippen LogP contribution < -0.4 is 4.90 Å². The van der Waals surface area contributed by atoms with Crippen LogP contribution in [0.2, 0.25) is 0 Å². The highest BCUT2D eigenvalue weighted by molar-refractivity contribution is 5.73. The van der Waals surface area contributed by atoms with Crippen LogP contribution in [-0.4, -0.2) is 40.4 Å². The van der Waals surface area contributed by atoms with E-state index in [-0.39, 0.29) is 11.9 Å². The molecule has 0 aliphatic carbocycles. The van der Waals surface area contributed by atoms with Gasteiger partial charge in [-0.05, 0) is 18.6 Å². The molecule has 1 atom stereocenters. The van der Waals surface area contributed by atoms with Crippen LogP contribution in [0.25, 0.3) is 0 Å². The number of hydrogen-bond donors (Lipinski definition) is 0. The summed E-state index contributed by atoms with van der Waals surface area (Å²) < 4.78 is 0. The van der Waals surface area contributed by atoms with Gasteiger partial charge in [-0.1, -0.05) is 30.3 Å². The van der Waals surface area contributed by atoms with Crippen LogP contribution in [0.1, 0.15) is 24.4 Å². The second-order valence-electron chi connectivity index (χ2n) is 5.55. The van der Waals surface area contributed by atoms with Crippen molar-refractivity contribution in [3.63, 3.8) is 0 Å². The molecule has 1 fully saturated rings. The van der Waals surface area contributed by atoms with Crippen molar-refractivity contribution in [3.05, 3.63) is 54.0 Å². The molecule has 1 aliphatic rings. The molecule has 0 unspecified atom stereocenters. The molecule has 22 heavy (non-hydrogen) atoms. The molecule has 0 spiro atoms. The number of anilines is 1. The van der Waals surface area contributed by atoms with Crippen molar-refractivity contribution >= 4 is 11.7 Å². The normalized spacial score (nSPS) is 18.4. The lowest BCUT2D eigenvalue weighted by Crippen LogP contribution is -2.50. The summed E-state index contributed by atoms with van der Waals surface area (Å²) in [5.41, 5.74) is 1.20. The standard InChI is InChI=1S/C17H20N4O/c1-13-18-9-8-17(19-13)21-11-10-20(14(2)22)12-16(21)15-6-4-3-5-7-15/h3-9,16H,10-12H2,1-2H3/t16-/m0/s1. The number of nitrogens with zero attached hydrogens (tertiary/aromatic N) is 4. The Morgan fingerprint density at radius 2 is 1.95 bits per heavy atom. The van der Waals surface area contributed by atoms with E-state index < -0.39 is 0 Å². The van der Waals surface area contributed by atoms with E-state index in [0.29, 0.717) is 6.54 Å². The van der Waals surface area contributed by atoms with Gasteiger partial charge in [0.05, 0.1) is 6.04 Å². The van der Waals surface area contributed by atoms with Crippen LogP contribution in [0.3, 0.4) is 0 Å². The Bertz CT molecular complexity index is 659. The molecular weight excluding hydrogens is 276 g/mol. The fourth-order valence-electron chi connectivity index (χ4n) is 2.91. The Kier molecular flexibility index (Phi) is 4.04. The van der Waals surface area contributed by atoms with E-state index >= 15 is 0 Å². The molecule has 1 aromatic carbocycles. The number of carbonyl (C=O) groups excluding carboxylic acids is 1. The highest BCUT2D eigenvalue weighted by Gasteiger charge is 2.30. The minimum absolute atomic E-state index is 0.119. The van der Waals surface area contributed by atoms with Crippen molar-refractivity contribution < 1.29 is 4.79 Å². The number of benzene rings is 1. The average molecular weight is 296 g/mol. The molecule has 2 aromatic rings. The summed E-state index contributed by atoms with van der Waals surface area (Å²) in [5.74, 6) is 1.81. The first-order valence-corrected chi connectivity index (χ1v) is 7.52. The van der Waals surface area contributed by atoms with Crippen molar-refractivity contribution in [2.45, 2.75) is 19.9 Å². The van der Waals surface area contributed by atoms with Gasteiger partial charge in [0, 0.05) is 32.8 Å². The molecule has 114 valence electrons. The third kappa shape index (κ3) is 2.93. The van der Waals surface area contributed by atoms with Crippen LogP contribution in [0, 0.1) is 6.92 Å². The Morgan fingerprint density at radius 1 is 1.18 bits per heavy atom. The first kappa shape index (κ1) is 14.5. The molecule has 1 aromatic heterocycles. The number of amides is 1. The zero-order chi connectivity index (χ0) is 15.5. The first-order valence-electron chi connectivity index (χ1n) is 7.52. The molecule has 3 rings (SSSR count). The molecule has 1 amide bonds. The van der Waals surface area contributed by atoms with Gasteiger partial charge in [-0.3, -0.25) is 4.79 Å².